The summed E-state index contributed by atoms with van der Waals surface area (Å²) in [7, 11) is 0. The number of aryl methyl sites for hydroxylation is 1. The molecule has 1 heterocycles. The van der Waals surface area contributed by atoms with Crippen molar-refractivity contribution in [3.8, 4) is 0 Å². The Balaban J connectivity index is 2.28. The van der Waals surface area contributed by atoms with Crippen LogP contribution in [0.25, 0.3) is 5.70 Å². The molecular weight excluding hydrogens is 162 g/mol. The molecule has 13 heavy (non-hydrogen) atoms. The quantitative estimate of drug-likeness (QED) is 0.680. The van der Waals surface area contributed by atoms with Crippen molar-refractivity contribution in [3.05, 3.63) is 41.5 Å². The van der Waals surface area contributed by atoms with E-state index >= 15 is 0 Å². The van der Waals surface area contributed by atoms with Crippen LogP contribution in [0.4, 0.5) is 0 Å². The third-order valence-electron chi connectivity index (χ3n) is 1.91. The Kier molecular flexibility index (Phi) is 1.77. The van der Waals surface area contributed by atoms with Gasteiger partial charge in [0.25, 0.3) is 0 Å². The van der Waals surface area contributed by atoms with Crippen LogP contribution in [0.15, 0.2) is 35.4 Å². The zero-order valence-electron chi connectivity index (χ0n) is 7.36. The van der Waals surface area contributed by atoms with Gasteiger partial charge < -0.3 is 5.73 Å². The monoisotopic (exact) mass is 172 g/mol. The lowest BCUT2D eigenvalue weighted by Gasteiger charge is -1.99. The van der Waals surface area contributed by atoms with Gasteiger partial charge in [-0.3, -0.25) is 0 Å². The lowest BCUT2D eigenvalue weighted by molar-refractivity contribution is 0.991. The number of hydrogen-bond donors (Lipinski definition) is 1. The van der Waals surface area contributed by atoms with Crippen LogP contribution in [0.3, 0.4) is 0 Å². The first-order valence-electron chi connectivity index (χ1n) is 4.08. The van der Waals surface area contributed by atoms with E-state index in [1.54, 1.807) is 6.08 Å². The summed E-state index contributed by atoms with van der Waals surface area (Å²) in [5, 5.41) is 3.74. The average Bonchev–Trinajstić information content (AvgIpc) is 2.53. The van der Waals surface area contributed by atoms with E-state index in [0.717, 1.165) is 11.3 Å². The minimum Gasteiger partial charge on any atom is -0.382 e. The first-order chi connectivity index (χ1) is 6.25. The van der Waals surface area contributed by atoms with E-state index in [9.17, 15) is 0 Å². The van der Waals surface area contributed by atoms with Gasteiger partial charge in [-0.25, -0.2) is 0 Å². The summed E-state index contributed by atoms with van der Waals surface area (Å²) < 4.78 is 0. The molecule has 0 aliphatic carbocycles. The van der Waals surface area contributed by atoms with Gasteiger partial charge in [0.1, 0.15) is 5.84 Å². The van der Waals surface area contributed by atoms with Crippen LogP contribution in [0.5, 0.6) is 0 Å². The average molecular weight is 172 g/mol. The van der Waals surface area contributed by atoms with Crippen LogP contribution in [-0.4, -0.2) is 5.84 Å². The van der Waals surface area contributed by atoms with Crippen molar-refractivity contribution in [3.63, 3.8) is 0 Å². The van der Waals surface area contributed by atoms with Crippen molar-refractivity contribution in [1.82, 2.24) is 5.43 Å². The van der Waals surface area contributed by atoms with E-state index in [1.165, 1.54) is 5.56 Å². The van der Waals surface area contributed by atoms with Gasteiger partial charge in [0.15, 0.2) is 0 Å². The van der Waals surface area contributed by atoms with E-state index in [4.69, 9.17) is 5.73 Å². The van der Waals surface area contributed by atoms with Gasteiger partial charge in [0.2, 0.25) is 0 Å². The molecule has 0 atom stereocenters. The van der Waals surface area contributed by atoms with E-state index in [0.29, 0.717) is 5.84 Å². The van der Waals surface area contributed by atoms with Gasteiger partial charge >= 0.3 is 0 Å². The molecular formula is C10H10N3. The highest BCUT2D eigenvalue weighted by Gasteiger charge is 2.08. The van der Waals surface area contributed by atoms with Crippen LogP contribution in [0, 0.1) is 6.92 Å². The van der Waals surface area contributed by atoms with Gasteiger partial charge in [0, 0.05) is 11.6 Å². The molecule has 0 unspecified atom stereocenters. The second-order valence-electron chi connectivity index (χ2n) is 3.02. The maximum atomic E-state index is 5.47. The second kappa shape index (κ2) is 2.94. The van der Waals surface area contributed by atoms with Crippen LogP contribution < -0.4 is 11.2 Å². The summed E-state index contributed by atoms with van der Waals surface area (Å²) in [6.07, 6.45) is 1.77. The molecule has 0 fully saturated rings. The fraction of sp³-hybridized carbons (Fsp3) is 0.100. The molecule has 1 aliphatic heterocycles. The normalized spacial score (nSPS) is 14.8. The van der Waals surface area contributed by atoms with E-state index in [1.807, 2.05) is 24.3 Å². The van der Waals surface area contributed by atoms with Crippen molar-refractivity contribution in [2.75, 3.05) is 0 Å². The fourth-order valence-electron chi connectivity index (χ4n) is 1.17. The number of rotatable bonds is 1. The number of amidine groups is 1. The van der Waals surface area contributed by atoms with Crippen LogP contribution in [0.2, 0.25) is 0 Å². The Hall–Kier alpha value is -1.77. The Morgan fingerprint density at radius 1 is 1.15 bits per heavy atom. The Labute approximate surface area is 77.0 Å². The van der Waals surface area contributed by atoms with E-state index in [2.05, 4.69) is 17.5 Å². The smallest absolute Gasteiger partial charge is 0.148 e. The number of hydrogen-bond acceptors (Lipinski definition) is 2. The topological polar surface area (TPSA) is 52.5 Å². The Morgan fingerprint density at radius 2 is 1.85 bits per heavy atom. The molecule has 2 rings (SSSR count). The minimum absolute atomic E-state index is 0.468. The lowest BCUT2D eigenvalue weighted by Crippen LogP contribution is -2.04. The molecule has 0 saturated heterocycles. The van der Waals surface area contributed by atoms with Gasteiger partial charge in [-0.05, 0) is 6.92 Å². The Morgan fingerprint density at radius 3 is 2.38 bits per heavy atom. The van der Waals surface area contributed by atoms with Crippen molar-refractivity contribution in [1.29, 1.82) is 0 Å². The molecule has 0 aromatic heterocycles. The van der Waals surface area contributed by atoms with Gasteiger partial charge in [0.05, 0.1) is 5.70 Å². The molecule has 1 radical (unpaired) electrons. The van der Waals surface area contributed by atoms with Crippen molar-refractivity contribution < 1.29 is 0 Å². The second-order valence-corrected chi connectivity index (χ2v) is 3.02. The number of nitrogens with two attached hydrogens (primary N) is 1. The first-order valence-corrected chi connectivity index (χ1v) is 4.08. The summed E-state index contributed by atoms with van der Waals surface area (Å²) >= 11 is 0. The molecule has 0 saturated carbocycles. The molecule has 0 spiro atoms. The molecule has 1 aromatic carbocycles. The maximum Gasteiger partial charge on any atom is 0.148 e. The number of benzene rings is 1. The molecule has 1 aromatic rings. The molecule has 3 heteroatoms. The van der Waals surface area contributed by atoms with Crippen molar-refractivity contribution >= 4 is 11.5 Å². The first kappa shape index (κ1) is 7.86. The summed E-state index contributed by atoms with van der Waals surface area (Å²) in [5.74, 6) is 0.468. The van der Waals surface area contributed by atoms with E-state index in [-0.39, 0.29) is 0 Å². The summed E-state index contributed by atoms with van der Waals surface area (Å²) in [6.45, 7) is 2.05. The number of nitrogens with zero attached hydrogens (tertiary/aromatic N) is 2. The van der Waals surface area contributed by atoms with E-state index < -0.39 is 0 Å². The maximum absolute atomic E-state index is 5.47. The van der Waals surface area contributed by atoms with Crippen molar-refractivity contribution in [2.24, 2.45) is 10.8 Å². The van der Waals surface area contributed by atoms with Crippen molar-refractivity contribution in [2.45, 2.75) is 6.92 Å². The SMILES string of the molecule is Cc1ccc(C2=CC(N)=N[N]2)cc1. The van der Waals surface area contributed by atoms with Gasteiger partial charge in [-0.2, -0.15) is 0 Å². The summed E-state index contributed by atoms with van der Waals surface area (Å²) in [6, 6.07) is 8.11. The van der Waals surface area contributed by atoms with Crippen LogP contribution in [0.1, 0.15) is 11.1 Å². The standard InChI is InChI=1S/C10H10N3/c1-7-2-4-8(5-3-7)9-6-10(11)13-12-9/h2-6H,1H3,(H2,11,13). The Bertz CT molecular complexity index is 374. The fourth-order valence-corrected chi connectivity index (χ4v) is 1.17. The zero-order valence-corrected chi connectivity index (χ0v) is 7.36. The lowest BCUT2D eigenvalue weighted by atomic mass is 10.1. The molecule has 65 valence electrons. The van der Waals surface area contributed by atoms with Gasteiger partial charge in [-0.1, -0.05) is 29.8 Å². The van der Waals surface area contributed by atoms with Crippen LogP contribution in [-0.2, 0) is 0 Å². The molecule has 2 N–H and O–H groups in total. The predicted octanol–water partition coefficient (Wildman–Crippen LogP) is 1.23. The van der Waals surface area contributed by atoms with Gasteiger partial charge in [-0.15, -0.1) is 10.5 Å². The highest BCUT2D eigenvalue weighted by atomic mass is 15.3. The predicted molar refractivity (Wildman–Crippen MR) is 52.9 cm³/mol. The molecule has 3 nitrogen and oxygen atoms in total. The summed E-state index contributed by atoms with van der Waals surface area (Å²) in [5.41, 5.74) is 12.5. The zero-order chi connectivity index (χ0) is 9.26. The third kappa shape index (κ3) is 1.54. The molecule has 1 aliphatic rings. The summed E-state index contributed by atoms with van der Waals surface area (Å²) in [4.78, 5) is 0. The molecule has 0 amide bonds. The highest BCUT2D eigenvalue weighted by Crippen LogP contribution is 2.16. The molecule has 0 bridgehead atoms. The largest absolute Gasteiger partial charge is 0.382 e. The van der Waals surface area contributed by atoms with Crippen LogP contribution >= 0.6 is 0 Å². The minimum atomic E-state index is 0.468. The third-order valence-corrected chi connectivity index (χ3v) is 1.91. The highest BCUT2D eigenvalue weighted by molar-refractivity contribution is 6.00.